The van der Waals surface area contributed by atoms with E-state index >= 15 is 0 Å². The highest BCUT2D eigenvalue weighted by atomic mass is 32.2. The fraction of sp³-hybridized carbons (Fsp3) is 0.200. The van der Waals surface area contributed by atoms with Crippen molar-refractivity contribution in [3.05, 3.63) is 30.5 Å². The lowest BCUT2D eigenvalue weighted by atomic mass is 10.2. The molecule has 0 unspecified atom stereocenters. The number of fused-ring (bicyclic) bond motifs is 1. The fourth-order valence-corrected chi connectivity index (χ4v) is 2.55. The molecule has 0 aliphatic carbocycles. The number of nitrogens with zero attached hydrogens (tertiary/aromatic N) is 3. The van der Waals surface area contributed by atoms with Gasteiger partial charge in [-0.2, -0.15) is 4.39 Å². The van der Waals surface area contributed by atoms with Crippen LogP contribution < -0.4 is 0 Å². The van der Waals surface area contributed by atoms with Crippen LogP contribution >= 0.6 is 11.8 Å². The Morgan fingerprint density at radius 2 is 2.40 bits per heavy atom. The van der Waals surface area contributed by atoms with Crippen molar-refractivity contribution in [2.45, 2.75) is 11.7 Å². The number of imidazole rings is 1. The Morgan fingerprint density at radius 3 is 3.20 bits per heavy atom. The number of rotatable bonds is 1. The lowest BCUT2D eigenvalue weighted by molar-refractivity contribution is 0.584. The van der Waals surface area contributed by atoms with Gasteiger partial charge in [0.15, 0.2) is 5.16 Å². The predicted octanol–water partition coefficient (Wildman–Crippen LogP) is 2.19. The fourth-order valence-electron chi connectivity index (χ4n) is 1.61. The average molecular weight is 221 g/mol. The Morgan fingerprint density at radius 1 is 1.47 bits per heavy atom. The zero-order chi connectivity index (χ0) is 10.3. The van der Waals surface area contributed by atoms with Crippen molar-refractivity contribution in [1.29, 1.82) is 0 Å². The molecule has 0 saturated carbocycles. The molecule has 5 heteroatoms. The van der Waals surface area contributed by atoms with Gasteiger partial charge in [0, 0.05) is 36.3 Å². The first-order valence-corrected chi connectivity index (χ1v) is 5.63. The third-order valence-corrected chi connectivity index (χ3v) is 3.30. The number of hydrogen-bond donors (Lipinski definition) is 0. The quantitative estimate of drug-likeness (QED) is 0.691. The first kappa shape index (κ1) is 8.91. The molecule has 76 valence electrons. The maximum Gasteiger partial charge on any atom is 0.213 e. The van der Waals surface area contributed by atoms with Crippen molar-refractivity contribution in [2.24, 2.45) is 0 Å². The lowest BCUT2D eigenvalue weighted by Gasteiger charge is -1.95. The summed E-state index contributed by atoms with van der Waals surface area (Å²) in [6.45, 7) is 0.987. The van der Waals surface area contributed by atoms with E-state index in [4.69, 9.17) is 0 Å². The summed E-state index contributed by atoms with van der Waals surface area (Å²) in [5.74, 6) is 0.612. The zero-order valence-corrected chi connectivity index (χ0v) is 8.67. The highest BCUT2D eigenvalue weighted by Gasteiger charge is 2.15. The molecule has 1 aliphatic heterocycles. The normalized spacial score (nSPS) is 14.2. The number of thioether (sulfide) groups is 1. The second-order valence-electron chi connectivity index (χ2n) is 3.32. The van der Waals surface area contributed by atoms with E-state index in [1.165, 1.54) is 12.3 Å². The molecular weight excluding hydrogens is 213 g/mol. The largest absolute Gasteiger partial charge is 0.325 e. The van der Waals surface area contributed by atoms with Crippen LogP contribution in [0.4, 0.5) is 4.39 Å². The zero-order valence-electron chi connectivity index (χ0n) is 7.85. The van der Waals surface area contributed by atoms with Gasteiger partial charge in [0.25, 0.3) is 0 Å². The van der Waals surface area contributed by atoms with E-state index in [1.807, 2.05) is 6.20 Å². The highest BCUT2D eigenvalue weighted by molar-refractivity contribution is 7.99. The van der Waals surface area contributed by atoms with Gasteiger partial charge in [-0.15, -0.1) is 0 Å². The molecular formula is C10H8FN3S. The van der Waals surface area contributed by atoms with Crippen LogP contribution in [-0.2, 0) is 6.54 Å². The second-order valence-corrected chi connectivity index (χ2v) is 4.38. The van der Waals surface area contributed by atoms with Gasteiger partial charge in [0.05, 0.1) is 5.69 Å². The van der Waals surface area contributed by atoms with E-state index in [1.54, 1.807) is 17.8 Å². The van der Waals surface area contributed by atoms with Gasteiger partial charge in [-0.25, -0.2) is 9.97 Å². The van der Waals surface area contributed by atoms with E-state index in [0.29, 0.717) is 0 Å². The smallest absolute Gasteiger partial charge is 0.213 e. The van der Waals surface area contributed by atoms with E-state index < -0.39 is 5.95 Å². The molecule has 0 amide bonds. The van der Waals surface area contributed by atoms with Crippen LogP contribution in [-0.4, -0.2) is 20.3 Å². The molecule has 0 atom stereocenters. The van der Waals surface area contributed by atoms with Gasteiger partial charge in [-0.05, 0) is 6.07 Å². The van der Waals surface area contributed by atoms with Crippen molar-refractivity contribution in [3.63, 3.8) is 0 Å². The van der Waals surface area contributed by atoms with Crippen LogP contribution in [0.25, 0.3) is 11.3 Å². The Balaban J connectivity index is 2.06. The molecule has 1 aliphatic rings. The topological polar surface area (TPSA) is 30.7 Å². The lowest BCUT2D eigenvalue weighted by Crippen LogP contribution is -1.89. The van der Waals surface area contributed by atoms with Gasteiger partial charge in [0.1, 0.15) is 0 Å². The molecule has 0 spiro atoms. The summed E-state index contributed by atoms with van der Waals surface area (Å²) < 4.78 is 15.0. The van der Waals surface area contributed by atoms with Crippen LogP contribution in [0.5, 0.6) is 0 Å². The summed E-state index contributed by atoms with van der Waals surface area (Å²) in [6, 6.07) is 3.18. The van der Waals surface area contributed by atoms with Gasteiger partial charge >= 0.3 is 0 Å². The molecule has 3 nitrogen and oxygen atoms in total. The summed E-state index contributed by atoms with van der Waals surface area (Å²) >= 11 is 1.73. The molecule has 3 rings (SSSR count). The molecule has 0 saturated heterocycles. The number of hydrogen-bond acceptors (Lipinski definition) is 3. The summed E-state index contributed by atoms with van der Waals surface area (Å²) in [4.78, 5) is 7.96. The van der Waals surface area contributed by atoms with Crippen molar-refractivity contribution in [1.82, 2.24) is 14.5 Å². The Bertz CT molecular complexity index is 488. The maximum atomic E-state index is 12.9. The maximum absolute atomic E-state index is 12.9. The number of halogens is 1. The van der Waals surface area contributed by atoms with Crippen LogP contribution in [0.2, 0.25) is 0 Å². The summed E-state index contributed by atoms with van der Waals surface area (Å²) in [5.41, 5.74) is 1.60. The molecule has 3 heterocycles. The first-order valence-electron chi connectivity index (χ1n) is 4.65. The van der Waals surface area contributed by atoms with Crippen LogP contribution in [0.15, 0.2) is 29.7 Å². The van der Waals surface area contributed by atoms with Crippen molar-refractivity contribution in [2.75, 3.05) is 5.75 Å². The first-order chi connectivity index (χ1) is 7.33. The number of aryl methyl sites for hydroxylation is 1. The molecule has 2 aromatic heterocycles. The minimum absolute atomic E-state index is 0.465. The van der Waals surface area contributed by atoms with E-state index in [9.17, 15) is 4.39 Å². The second kappa shape index (κ2) is 3.34. The monoisotopic (exact) mass is 221 g/mol. The van der Waals surface area contributed by atoms with E-state index in [-0.39, 0.29) is 0 Å². The van der Waals surface area contributed by atoms with Crippen LogP contribution in [0.3, 0.4) is 0 Å². The van der Waals surface area contributed by atoms with Gasteiger partial charge < -0.3 is 4.57 Å². The third-order valence-electron chi connectivity index (χ3n) is 2.33. The van der Waals surface area contributed by atoms with Crippen molar-refractivity contribution < 1.29 is 4.39 Å². The van der Waals surface area contributed by atoms with E-state index in [2.05, 4.69) is 14.5 Å². The number of pyridine rings is 1. The highest BCUT2D eigenvalue weighted by Crippen LogP contribution is 2.28. The molecule has 0 radical (unpaired) electrons. The van der Waals surface area contributed by atoms with Crippen molar-refractivity contribution >= 4 is 11.8 Å². The Labute approximate surface area is 90.4 Å². The standard InChI is InChI=1S/C10H8FN3S/c11-9-5-7(1-2-12-9)8-6-14-3-4-15-10(14)13-8/h1-2,5-6H,3-4H2. The molecule has 0 fully saturated rings. The molecule has 15 heavy (non-hydrogen) atoms. The van der Waals surface area contributed by atoms with Crippen LogP contribution in [0.1, 0.15) is 0 Å². The molecule has 2 aromatic rings. The van der Waals surface area contributed by atoms with Gasteiger partial charge in [-0.3, -0.25) is 0 Å². The van der Waals surface area contributed by atoms with E-state index in [0.717, 1.165) is 28.7 Å². The average Bonchev–Trinajstić information content (AvgIpc) is 2.76. The minimum Gasteiger partial charge on any atom is -0.325 e. The summed E-state index contributed by atoms with van der Waals surface area (Å²) in [6.07, 6.45) is 3.42. The third kappa shape index (κ3) is 1.52. The Hall–Kier alpha value is -1.36. The van der Waals surface area contributed by atoms with Crippen molar-refractivity contribution in [3.8, 4) is 11.3 Å². The van der Waals surface area contributed by atoms with Gasteiger partial charge in [-0.1, -0.05) is 11.8 Å². The number of aromatic nitrogens is 3. The summed E-state index contributed by atoms with van der Waals surface area (Å²) in [7, 11) is 0. The molecule has 0 aromatic carbocycles. The Kier molecular flexibility index (Phi) is 1.98. The predicted molar refractivity (Wildman–Crippen MR) is 56.1 cm³/mol. The minimum atomic E-state index is -0.465. The molecule has 0 N–H and O–H groups in total. The summed E-state index contributed by atoms with van der Waals surface area (Å²) in [5, 5.41) is 1.02. The SMILES string of the molecule is Fc1cc(-c2cn3c(n2)SCC3)ccn1. The van der Waals surface area contributed by atoms with Crippen LogP contribution in [0, 0.1) is 5.95 Å². The van der Waals surface area contributed by atoms with Gasteiger partial charge in [0.2, 0.25) is 5.95 Å². The molecule has 0 bridgehead atoms.